The van der Waals surface area contributed by atoms with Gasteiger partial charge in [0.2, 0.25) is 5.91 Å². The first-order valence-corrected chi connectivity index (χ1v) is 14.0. The molecule has 2 amide bonds. The van der Waals surface area contributed by atoms with Crippen molar-refractivity contribution in [2.24, 2.45) is 5.41 Å². The van der Waals surface area contributed by atoms with E-state index in [1.165, 1.54) is 5.56 Å². The van der Waals surface area contributed by atoms with Crippen molar-refractivity contribution in [2.45, 2.75) is 66.7 Å². The molecule has 3 rings (SSSR count). The van der Waals surface area contributed by atoms with Crippen LogP contribution in [0.5, 0.6) is 5.75 Å². The number of hydrogen-bond donors (Lipinski definition) is 3. The number of aryl methyl sites for hydroxylation is 2. The fourth-order valence-electron chi connectivity index (χ4n) is 4.11. The van der Waals surface area contributed by atoms with Gasteiger partial charge in [-0.3, -0.25) is 9.59 Å². The third-order valence-corrected chi connectivity index (χ3v) is 6.98. The highest BCUT2D eigenvalue weighted by molar-refractivity contribution is 7.80. The summed E-state index contributed by atoms with van der Waals surface area (Å²) in [5.74, 6) is 0.515. The number of nitrogens with one attached hydrogen (secondary N) is 3. The van der Waals surface area contributed by atoms with E-state index < -0.39 is 5.41 Å². The number of ether oxygens (including phenoxy) is 1. The molecule has 7 heteroatoms. The fraction of sp³-hybridized carbons (Fsp3) is 0.364. The predicted octanol–water partition coefficient (Wildman–Crippen LogP) is 7.55. The van der Waals surface area contributed by atoms with Crippen LogP contribution in [0.2, 0.25) is 0 Å². The summed E-state index contributed by atoms with van der Waals surface area (Å²) < 4.78 is 5.94. The van der Waals surface area contributed by atoms with Gasteiger partial charge in [0.15, 0.2) is 5.11 Å². The first kappa shape index (κ1) is 30.8. The molecule has 0 radical (unpaired) electrons. The van der Waals surface area contributed by atoms with Crippen molar-refractivity contribution in [3.05, 3.63) is 89.0 Å². The van der Waals surface area contributed by atoms with Crippen LogP contribution in [0.1, 0.15) is 74.5 Å². The van der Waals surface area contributed by atoms with Gasteiger partial charge in [0.25, 0.3) is 5.91 Å². The lowest BCUT2D eigenvalue weighted by Gasteiger charge is -2.24. The Morgan fingerprint density at radius 1 is 0.850 bits per heavy atom. The monoisotopic (exact) mass is 559 g/mol. The van der Waals surface area contributed by atoms with Crippen LogP contribution < -0.4 is 20.7 Å². The van der Waals surface area contributed by atoms with E-state index in [0.717, 1.165) is 23.3 Å². The molecular formula is C33H41N3O3S. The Bertz CT molecular complexity index is 1360. The molecule has 0 aromatic heterocycles. The van der Waals surface area contributed by atoms with E-state index in [-0.39, 0.29) is 22.3 Å². The van der Waals surface area contributed by atoms with Crippen LogP contribution in [0.3, 0.4) is 0 Å². The maximum Gasteiger partial charge on any atom is 0.255 e. The number of carbonyl (C=O) groups excluding carboxylic acids is 2. The van der Waals surface area contributed by atoms with Gasteiger partial charge in [-0.15, -0.1) is 0 Å². The average molecular weight is 560 g/mol. The maximum absolute atomic E-state index is 12.9. The SMILES string of the molecule is Cc1ccc(C)c(OCCCC(C)(C)C(=O)NC(=S)Nc2cccc(NC(=O)c3ccc(C(C)(C)C)cc3)c2)c1. The van der Waals surface area contributed by atoms with Crippen LogP contribution >= 0.6 is 12.2 Å². The summed E-state index contributed by atoms with van der Waals surface area (Å²) in [6, 6.07) is 21.0. The van der Waals surface area contributed by atoms with Gasteiger partial charge in [0.05, 0.1) is 6.61 Å². The largest absolute Gasteiger partial charge is 0.493 e. The van der Waals surface area contributed by atoms with E-state index in [1.807, 2.05) is 76.2 Å². The number of amides is 2. The van der Waals surface area contributed by atoms with Gasteiger partial charge in [-0.05, 0) is 97.4 Å². The smallest absolute Gasteiger partial charge is 0.255 e. The van der Waals surface area contributed by atoms with Crippen molar-refractivity contribution in [1.82, 2.24) is 5.32 Å². The Morgan fingerprint density at radius 2 is 1.50 bits per heavy atom. The van der Waals surface area contributed by atoms with Gasteiger partial charge in [-0.2, -0.15) is 0 Å². The molecule has 212 valence electrons. The summed E-state index contributed by atoms with van der Waals surface area (Å²) in [7, 11) is 0. The number of benzene rings is 3. The van der Waals surface area contributed by atoms with Crippen molar-refractivity contribution in [2.75, 3.05) is 17.2 Å². The number of hydrogen-bond acceptors (Lipinski definition) is 4. The minimum Gasteiger partial charge on any atom is -0.493 e. The quantitative estimate of drug-likeness (QED) is 0.186. The molecule has 3 N–H and O–H groups in total. The lowest BCUT2D eigenvalue weighted by molar-refractivity contribution is -0.128. The van der Waals surface area contributed by atoms with E-state index in [0.29, 0.717) is 30.0 Å². The van der Waals surface area contributed by atoms with Gasteiger partial charge < -0.3 is 20.7 Å². The summed E-state index contributed by atoms with van der Waals surface area (Å²) >= 11 is 5.40. The summed E-state index contributed by atoms with van der Waals surface area (Å²) in [6.45, 7) is 14.8. The van der Waals surface area contributed by atoms with Crippen LogP contribution in [0.4, 0.5) is 11.4 Å². The molecular weight excluding hydrogens is 518 g/mol. The molecule has 40 heavy (non-hydrogen) atoms. The van der Waals surface area contributed by atoms with E-state index in [2.05, 4.69) is 42.8 Å². The molecule has 0 spiro atoms. The van der Waals surface area contributed by atoms with Crippen LogP contribution in [0.15, 0.2) is 66.7 Å². The molecule has 3 aromatic rings. The molecule has 0 aliphatic rings. The van der Waals surface area contributed by atoms with Crippen LogP contribution in [0.25, 0.3) is 0 Å². The standard InChI is InChI=1S/C33H41N3O3S/c1-22-12-13-23(2)28(20-22)39-19-9-18-33(6,7)30(38)36-31(40)35-27-11-8-10-26(21-27)34-29(37)24-14-16-25(17-15-24)32(3,4)5/h8,10-17,20-21H,9,18-19H2,1-7H3,(H,34,37)(H2,35,36,38,40). The lowest BCUT2D eigenvalue weighted by Crippen LogP contribution is -2.42. The predicted molar refractivity (Wildman–Crippen MR) is 168 cm³/mol. The third-order valence-electron chi connectivity index (χ3n) is 6.78. The molecule has 3 aromatic carbocycles. The molecule has 0 atom stereocenters. The number of rotatable bonds is 9. The van der Waals surface area contributed by atoms with Gasteiger partial charge in [0.1, 0.15) is 5.75 Å². The van der Waals surface area contributed by atoms with Crippen molar-refractivity contribution in [3.8, 4) is 5.75 Å². The summed E-state index contributed by atoms with van der Waals surface area (Å²) in [6.07, 6.45) is 1.37. The second-order valence-corrected chi connectivity index (χ2v) is 12.3. The van der Waals surface area contributed by atoms with E-state index >= 15 is 0 Å². The van der Waals surface area contributed by atoms with Crippen molar-refractivity contribution >= 4 is 40.5 Å². The summed E-state index contributed by atoms with van der Waals surface area (Å²) in [5, 5.41) is 8.97. The van der Waals surface area contributed by atoms with Crippen LogP contribution in [0, 0.1) is 19.3 Å². The van der Waals surface area contributed by atoms with Crippen LogP contribution in [-0.4, -0.2) is 23.5 Å². The van der Waals surface area contributed by atoms with Crippen molar-refractivity contribution in [1.29, 1.82) is 0 Å². The topological polar surface area (TPSA) is 79.5 Å². The van der Waals surface area contributed by atoms with Gasteiger partial charge in [0, 0.05) is 22.4 Å². The van der Waals surface area contributed by atoms with Gasteiger partial charge >= 0.3 is 0 Å². The molecule has 0 unspecified atom stereocenters. The second kappa shape index (κ2) is 13.1. The Kier molecular flexibility index (Phi) is 10.1. The van der Waals surface area contributed by atoms with Gasteiger partial charge in [-0.25, -0.2) is 0 Å². The zero-order valence-corrected chi connectivity index (χ0v) is 25.4. The molecule has 0 bridgehead atoms. The van der Waals surface area contributed by atoms with Crippen molar-refractivity contribution in [3.63, 3.8) is 0 Å². The average Bonchev–Trinajstić information content (AvgIpc) is 2.88. The van der Waals surface area contributed by atoms with Gasteiger partial charge in [-0.1, -0.05) is 65.0 Å². The highest BCUT2D eigenvalue weighted by Gasteiger charge is 2.28. The Hall–Kier alpha value is -3.71. The fourth-order valence-corrected chi connectivity index (χ4v) is 4.32. The minimum atomic E-state index is -0.630. The number of carbonyl (C=O) groups is 2. The second-order valence-electron chi connectivity index (χ2n) is 11.9. The van der Waals surface area contributed by atoms with E-state index in [9.17, 15) is 9.59 Å². The lowest BCUT2D eigenvalue weighted by atomic mass is 9.87. The Labute approximate surface area is 243 Å². The molecule has 0 aliphatic carbocycles. The zero-order chi connectivity index (χ0) is 29.5. The number of thiocarbonyl (C=S) groups is 1. The first-order valence-electron chi connectivity index (χ1n) is 13.6. The van der Waals surface area contributed by atoms with E-state index in [1.54, 1.807) is 12.1 Å². The minimum absolute atomic E-state index is 0.0211. The third kappa shape index (κ3) is 8.91. The molecule has 0 saturated heterocycles. The highest BCUT2D eigenvalue weighted by Crippen LogP contribution is 2.25. The Morgan fingerprint density at radius 3 is 2.15 bits per heavy atom. The summed E-state index contributed by atoms with van der Waals surface area (Å²) in [4.78, 5) is 25.7. The highest BCUT2D eigenvalue weighted by atomic mass is 32.1. The van der Waals surface area contributed by atoms with Crippen molar-refractivity contribution < 1.29 is 14.3 Å². The van der Waals surface area contributed by atoms with Crippen LogP contribution in [-0.2, 0) is 10.2 Å². The zero-order valence-electron chi connectivity index (χ0n) is 24.6. The molecule has 0 heterocycles. The van der Waals surface area contributed by atoms with E-state index in [4.69, 9.17) is 17.0 Å². The maximum atomic E-state index is 12.9. The molecule has 0 aliphatic heterocycles. The normalized spacial score (nSPS) is 11.5. The molecule has 6 nitrogen and oxygen atoms in total. The molecule has 0 fully saturated rings. The first-order chi connectivity index (χ1) is 18.7. The number of anilines is 2. The summed E-state index contributed by atoms with van der Waals surface area (Å²) in [5.41, 5.74) is 4.66. The molecule has 0 saturated carbocycles. The Balaban J connectivity index is 1.49.